The maximum absolute atomic E-state index is 11.5. The normalized spacial score (nSPS) is 11.6. The molecule has 0 amide bonds. The summed E-state index contributed by atoms with van der Waals surface area (Å²) in [6.07, 6.45) is 17.3. The van der Waals surface area contributed by atoms with Gasteiger partial charge in [0.15, 0.2) is 0 Å². The average molecular weight is 335 g/mol. The van der Waals surface area contributed by atoms with Crippen LogP contribution < -0.4 is 56.5 Å². The van der Waals surface area contributed by atoms with Crippen molar-refractivity contribution in [2.75, 3.05) is 0 Å². The van der Waals surface area contributed by atoms with Crippen molar-refractivity contribution >= 4 is 5.97 Å². The molecule has 4 heteroatoms. The summed E-state index contributed by atoms with van der Waals surface area (Å²) in [5, 5.41) is 20.0. The molecule has 22 heavy (non-hydrogen) atoms. The molecule has 0 radical (unpaired) electrons. The molecule has 3 nitrogen and oxygen atoms in total. The number of unbranched alkanes of at least 4 members (excludes halogenated alkanes) is 7. The molecule has 0 unspecified atom stereocenters. The van der Waals surface area contributed by atoms with Gasteiger partial charge in [-0.15, -0.1) is 5.76 Å². The molecular formula is C18H31KO3. The van der Waals surface area contributed by atoms with Gasteiger partial charge in [-0.2, -0.15) is 0 Å². The van der Waals surface area contributed by atoms with E-state index in [0.29, 0.717) is 12.8 Å². The van der Waals surface area contributed by atoms with Gasteiger partial charge in [0.2, 0.25) is 0 Å². The molecule has 0 atom stereocenters. The van der Waals surface area contributed by atoms with E-state index in [9.17, 15) is 9.90 Å². The Balaban J connectivity index is 0. The maximum Gasteiger partial charge on any atom is 1.00 e. The average Bonchev–Trinajstić information content (AvgIpc) is 2.44. The van der Waals surface area contributed by atoms with Crippen LogP contribution in [0.15, 0.2) is 24.0 Å². The number of hydrogen-bond donors (Lipinski definition) is 1. The van der Waals surface area contributed by atoms with Crippen LogP contribution in [0.25, 0.3) is 0 Å². The molecule has 0 heterocycles. The van der Waals surface area contributed by atoms with Crippen molar-refractivity contribution in [1.29, 1.82) is 0 Å². The molecule has 0 aromatic carbocycles. The van der Waals surface area contributed by atoms with Crippen molar-refractivity contribution in [2.45, 2.75) is 84.0 Å². The maximum atomic E-state index is 11.5. The molecule has 0 aromatic rings. The molecule has 1 N–H and O–H groups in total. The second kappa shape index (κ2) is 19.4. The minimum Gasteiger partial charge on any atom is -0.876 e. The van der Waals surface area contributed by atoms with Gasteiger partial charge >= 0.3 is 57.4 Å². The van der Waals surface area contributed by atoms with Crippen LogP contribution in [-0.4, -0.2) is 11.1 Å². The zero-order chi connectivity index (χ0) is 15.8. The van der Waals surface area contributed by atoms with Crippen molar-refractivity contribution in [3.8, 4) is 0 Å². The van der Waals surface area contributed by atoms with E-state index < -0.39 is 5.97 Å². The van der Waals surface area contributed by atoms with Gasteiger partial charge in [0, 0.05) is 6.42 Å². The van der Waals surface area contributed by atoms with Gasteiger partial charge in [0.1, 0.15) is 0 Å². The number of carboxylic acid groups (broad SMARTS) is 1. The standard InChI is InChI=1S/C18H32O3.K/c1-2-3-11-14-17(19)15-12-9-7-5-4-6-8-10-13-16-18(20)21;/h7,9,15,19H,2-6,8,10-14,16H2,1H3,(H,20,21);/q;+1/p-1/b9-7-,17-15+;. The summed E-state index contributed by atoms with van der Waals surface area (Å²) >= 11 is 0. The SMILES string of the molecule is CCCCC/C([O-])=C\C/C=C\CCCCCCCC(=O)O.[K+]. The zero-order valence-corrected chi connectivity index (χ0v) is 17.6. The van der Waals surface area contributed by atoms with Gasteiger partial charge in [0.05, 0.1) is 0 Å². The third-order valence-corrected chi connectivity index (χ3v) is 3.44. The Morgan fingerprint density at radius 1 is 0.955 bits per heavy atom. The fourth-order valence-electron chi connectivity index (χ4n) is 2.13. The largest absolute Gasteiger partial charge is 1.00 e. The van der Waals surface area contributed by atoms with E-state index in [0.717, 1.165) is 64.2 Å². The molecule has 0 fully saturated rings. The molecular weight excluding hydrogens is 303 g/mol. The van der Waals surface area contributed by atoms with Crippen LogP contribution in [-0.2, 0) is 4.79 Å². The molecule has 0 rings (SSSR count). The third kappa shape index (κ3) is 20.4. The van der Waals surface area contributed by atoms with Gasteiger partial charge in [-0.05, 0) is 32.1 Å². The van der Waals surface area contributed by atoms with Crippen LogP contribution >= 0.6 is 0 Å². The Kier molecular flexibility index (Phi) is 21.8. The third-order valence-electron chi connectivity index (χ3n) is 3.44. The van der Waals surface area contributed by atoms with E-state index >= 15 is 0 Å². The Labute approximate surface area is 178 Å². The summed E-state index contributed by atoms with van der Waals surface area (Å²) in [7, 11) is 0. The smallest absolute Gasteiger partial charge is 0.876 e. The number of aliphatic carboxylic acids is 1. The predicted molar refractivity (Wildman–Crippen MR) is 85.9 cm³/mol. The van der Waals surface area contributed by atoms with E-state index in [1.54, 1.807) is 6.08 Å². The van der Waals surface area contributed by atoms with Gasteiger partial charge in [-0.1, -0.05) is 63.7 Å². The Morgan fingerprint density at radius 3 is 2.27 bits per heavy atom. The fourth-order valence-corrected chi connectivity index (χ4v) is 2.13. The van der Waals surface area contributed by atoms with Crippen LogP contribution in [0, 0.1) is 0 Å². The summed E-state index contributed by atoms with van der Waals surface area (Å²) in [5.74, 6) is -0.426. The van der Waals surface area contributed by atoms with E-state index in [2.05, 4.69) is 19.1 Å². The van der Waals surface area contributed by atoms with E-state index in [1.807, 2.05) is 0 Å². The van der Waals surface area contributed by atoms with Crippen LogP contribution in [0.2, 0.25) is 0 Å². The van der Waals surface area contributed by atoms with E-state index in [-0.39, 0.29) is 57.1 Å². The van der Waals surface area contributed by atoms with Crippen LogP contribution in [0.1, 0.15) is 84.0 Å². The number of rotatable bonds is 14. The van der Waals surface area contributed by atoms with Crippen molar-refractivity contribution in [1.82, 2.24) is 0 Å². The van der Waals surface area contributed by atoms with Crippen LogP contribution in [0.3, 0.4) is 0 Å². The number of allylic oxidation sites excluding steroid dienone is 4. The van der Waals surface area contributed by atoms with Gasteiger partial charge in [-0.25, -0.2) is 0 Å². The van der Waals surface area contributed by atoms with Gasteiger partial charge < -0.3 is 10.2 Å². The molecule has 0 spiro atoms. The van der Waals surface area contributed by atoms with E-state index in [1.165, 1.54) is 0 Å². The number of hydrogen-bond acceptors (Lipinski definition) is 2. The number of carboxylic acids is 1. The summed E-state index contributed by atoms with van der Waals surface area (Å²) in [5.41, 5.74) is 0. The Bertz CT molecular complexity index is 311. The van der Waals surface area contributed by atoms with Gasteiger partial charge in [-0.3, -0.25) is 4.79 Å². The minimum atomic E-state index is -0.696. The molecule has 0 aliphatic heterocycles. The summed E-state index contributed by atoms with van der Waals surface area (Å²) in [6, 6.07) is 0. The first-order valence-corrected chi connectivity index (χ1v) is 8.39. The van der Waals surface area contributed by atoms with Crippen LogP contribution in [0.4, 0.5) is 0 Å². The second-order valence-corrected chi connectivity index (χ2v) is 5.53. The number of carbonyl (C=O) groups is 1. The zero-order valence-electron chi connectivity index (χ0n) is 14.5. The molecule has 0 aliphatic carbocycles. The monoisotopic (exact) mass is 334 g/mol. The first kappa shape index (κ1) is 24.6. The first-order chi connectivity index (χ1) is 10.2. The van der Waals surface area contributed by atoms with Crippen LogP contribution in [0.5, 0.6) is 0 Å². The summed E-state index contributed by atoms with van der Waals surface area (Å²) in [4.78, 5) is 10.3. The molecule has 122 valence electrons. The molecule has 0 aromatic heterocycles. The Morgan fingerprint density at radius 2 is 1.59 bits per heavy atom. The first-order valence-electron chi connectivity index (χ1n) is 8.39. The Hall–Kier alpha value is 0.386. The van der Waals surface area contributed by atoms with Crippen molar-refractivity contribution < 1.29 is 66.4 Å². The van der Waals surface area contributed by atoms with Crippen molar-refractivity contribution in [3.63, 3.8) is 0 Å². The van der Waals surface area contributed by atoms with Crippen molar-refractivity contribution in [3.05, 3.63) is 24.0 Å². The minimum absolute atomic E-state index is 0. The fraction of sp³-hybridized carbons (Fsp3) is 0.722. The molecule has 0 bridgehead atoms. The predicted octanol–water partition coefficient (Wildman–Crippen LogP) is 1.58. The summed E-state index contributed by atoms with van der Waals surface area (Å²) in [6.45, 7) is 2.14. The quantitative estimate of drug-likeness (QED) is 0.227. The molecule has 0 saturated carbocycles. The molecule has 0 aliphatic rings. The topological polar surface area (TPSA) is 60.4 Å². The summed E-state index contributed by atoms with van der Waals surface area (Å²) < 4.78 is 0. The van der Waals surface area contributed by atoms with E-state index in [4.69, 9.17) is 5.11 Å². The molecule has 0 saturated heterocycles. The second-order valence-electron chi connectivity index (χ2n) is 5.53. The van der Waals surface area contributed by atoms with Gasteiger partial charge in [0.25, 0.3) is 0 Å². The van der Waals surface area contributed by atoms with Crippen molar-refractivity contribution in [2.24, 2.45) is 0 Å².